The number of rotatable bonds is 3. The number of carbonyl (C=O) groups is 1. The molecule has 1 aliphatic heterocycles. The van der Waals surface area contributed by atoms with Crippen molar-refractivity contribution in [1.82, 2.24) is 9.88 Å². The van der Waals surface area contributed by atoms with Crippen molar-refractivity contribution in [2.75, 3.05) is 13.1 Å². The second kappa shape index (κ2) is 7.66. The molecule has 5 nitrogen and oxygen atoms in total. The van der Waals surface area contributed by atoms with Crippen molar-refractivity contribution in [3.8, 4) is 11.8 Å². The van der Waals surface area contributed by atoms with Crippen LogP contribution in [0.3, 0.4) is 0 Å². The van der Waals surface area contributed by atoms with Crippen molar-refractivity contribution in [3.05, 3.63) is 59.4 Å². The molecule has 3 rings (SSSR count). The van der Waals surface area contributed by atoms with Gasteiger partial charge >= 0.3 is 6.18 Å². The van der Waals surface area contributed by atoms with Gasteiger partial charge in [0.1, 0.15) is 11.9 Å². The fourth-order valence-corrected chi connectivity index (χ4v) is 2.97. The van der Waals surface area contributed by atoms with Gasteiger partial charge in [-0.2, -0.15) is 18.4 Å². The van der Waals surface area contributed by atoms with Crippen LogP contribution in [-0.2, 0) is 6.18 Å². The Balaban J connectivity index is 1.63. The Morgan fingerprint density at radius 3 is 2.59 bits per heavy atom. The zero-order valence-electron chi connectivity index (χ0n) is 14.2. The van der Waals surface area contributed by atoms with Crippen LogP contribution in [0.4, 0.5) is 13.2 Å². The summed E-state index contributed by atoms with van der Waals surface area (Å²) in [5, 5.41) is 8.84. The van der Waals surface area contributed by atoms with Crippen LogP contribution < -0.4 is 4.74 Å². The van der Waals surface area contributed by atoms with E-state index in [0.29, 0.717) is 31.5 Å². The lowest BCUT2D eigenvalue weighted by Crippen LogP contribution is -2.41. The molecule has 8 heteroatoms. The van der Waals surface area contributed by atoms with E-state index in [4.69, 9.17) is 10.00 Å². The number of aromatic nitrogens is 1. The molecule has 2 heterocycles. The number of nitriles is 1. The molecule has 2 aromatic rings. The number of piperidine rings is 1. The topological polar surface area (TPSA) is 66.2 Å². The summed E-state index contributed by atoms with van der Waals surface area (Å²) in [6.45, 7) is 0.890. The van der Waals surface area contributed by atoms with Gasteiger partial charge in [0.25, 0.3) is 5.91 Å². The SMILES string of the molecule is N#Cc1ccc(OC2CCN(C(=O)c3cccnc3)CC2)cc1C(F)(F)F. The van der Waals surface area contributed by atoms with Crippen molar-refractivity contribution in [1.29, 1.82) is 5.26 Å². The average molecular weight is 375 g/mol. The quantitative estimate of drug-likeness (QED) is 0.821. The van der Waals surface area contributed by atoms with E-state index < -0.39 is 17.3 Å². The molecule has 27 heavy (non-hydrogen) atoms. The first-order chi connectivity index (χ1) is 12.9. The zero-order chi connectivity index (χ0) is 19.4. The molecule has 0 atom stereocenters. The van der Waals surface area contributed by atoms with E-state index in [1.165, 1.54) is 12.3 Å². The molecule has 0 N–H and O–H groups in total. The summed E-state index contributed by atoms with van der Waals surface area (Å²) in [6, 6.07) is 8.24. The maximum Gasteiger partial charge on any atom is 0.417 e. The second-order valence-electron chi connectivity index (χ2n) is 6.17. The maximum atomic E-state index is 13.0. The third-order valence-corrected chi connectivity index (χ3v) is 4.36. The largest absolute Gasteiger partial charge is 0.490 e. The van der Waals surface area contributed by atoms with Gasteiger partial charge in [-0.25, -0.2) is 0 Å². The smallest absolute Gasteiger partial charge is 0.417 e. The summed E-state index contributed by atoms with van der Waals surface area (Å²) in [6.07, 6.45) is -0.814. The van der Waals surface area contributed by atoms with E-state index in [9.17, 15) is 18.0 Å². The van der Waals surface area contributed by atoms with Gasteiger partial charge in [-0.05, 0) is 30.3 Å². The normalized spacial score (nSPS) is 15.3. The lowest BCUT2D eigenvalue weighted by atomic mass is 10.1. The van der Waals surface area contributed by atoms with E-state index in [1.807, 2.05) is 0 Å². The minimum Gasteiger partial charge on any atom is -0.490 e. The van der Waals surface area contributed by atoms with Gasteiger partial charge in [0.15, 0.2) is 0 Å². The van der Waals surface area contributed by atoms with Gasteiger partial charge in [0.05, 0.1) is 22.8 Å². The Morgan fingerprint density at radius 1 is 1.26 bits per heavy atom. The number of pyridine rings is 1. The van der Waals surface area contributed by atoms with Crippen molar-refractivity contribution in [2.24, 2.45) is 0 Å². The van der Waals surface area contributed by atoms with Crippen LogP contribution in [0.15, 0.2) is 42.7 Å². The maximum absolute atomic E-state index is 13.0. The van der Waals surface area contributed by atoms with Crippen molar-refractivity contribution >= 4 is 5.91 Å². The highest BCUT2D eigenvalue weighted by Gasteiger charge is 2.34. The molecule has 0 saturated carbocycles. The fraction of sp³-hybridized carbons (Fsp3) is 0.316. The molecule has 0 bridgehead atoms. The zero-order valence-corrected chi connectivity index (χ0v) is 14.2. The van der Waals surface area contributed by atoms with Crippen LogP contribution in [-0.4, -0.2) is 35.0 Å². The number of hydrogen-bond donors (Lipinski definition) is 0. The van der Waals surface area contributed by atoms with Crippen LogP contribution >= 0.6 is 0 Å². The van der Waals surface area contributed by atoms with E-state index in [0.717, 1.165) is 12.1 Å². The lowest BCUT2D eigenvalue weighted by molar-refractivity contribution is -0.137. The van der Waals surface area contributed by atoms with E-state index >= 15 is 0 Å². The number of hydrogen-bond acceptors (Lipinski definition) is 4. The van der Waals surface area contributed by atoms with Crippen molar-refractivity contribution in [3.63, 3.8) is 0 Å². The number of ether oxygens (including phenoxy) is 1. The molecule has 0 radical (unpaired) electrons. The molecule has 0 spiro atoms. The Hall–Kier alpha value is -3.08. The molecule has 140 valence electrons. The van der Waals surface area contributed by atoms with Gasteiger partial charge in [0, 0.05) is 38.3 Å². The number of amides is 1. The highest BCUT2D eigenvalue weighted by atomic mass is 19.4. The van der Waals surface area contributed by atoms with Crippen LogP contribution in [0.1, 0.15) is 34.3 Å². The van der Waals surface area contributed by atoms with Gasteiger partial charge in [0.2, 0.25) is 0 Å². The monoisotopic (exact) mass is 375 g/mol. The van der Waals surface area contributed by atoms with Gasteiger partial charge < -0.3 is 9.64 Å². The average Bonchev–Trinajstić information content (AvgIpc) is 2.68. The van der Waals surface area contributed by atoms with Crippen LogP contribution in [0, 0.1) is 11.3 Å². The third-order valence-electron chi connectivity index (χ3n) is 4.36. The molecule has 1 aliphatic rings. The minimum atomic E-state index is -4.62. The number of benzene rings is 1. The number of alkyl halides is 3. The fourth-order valence-electron chi connectivity index (χ4n) is 2.97. The number of carbonyl (C=O) groups excluding carboxylic acids is 1. The minimum absolute atomic E-state index is 0.0679. The number of likely N-dealkylation sites (tertiary alicyclic amines) is 1. The Labute approximate surface area is 154 Å². The summed E-state index contributed by atoms with van der Waals surface area (Å²) >= 11 is 0. The summed E-state index contributed by atoms with van der Waals surface area (Å²) in [5.74, 6) is -0.0577. The third kappa shape index (κ3) is 4.37. The predicted molar refractivity (Wildman–Crippen MR) is 89.9 cm³/mol. The van der Waals surface area contributed by atoms with E-state index in [-0.39, 0.29) is 17.8 Å². The van der Waals surface area contributed by atoms with Crippen molar-refractivity contribution < 1.29 is 22.7 Å². The van der Waals surface area contributed by atoms with E-state index in [1.54, 1.807) is 29.3 Å². The Morgan fingerprint density at radius 2 is 2.00 bits per heavy atom. The summed E-state index contributed by atoms with van der Waals surface area (Å²) in [4.78, 5) is 18.0. The highest BCUT2D eigenvalue weighted by molar-refractivity contribution is 5.93. The molecular weight excluding hydrogens is 359 g/mol. The van der Waals surface area contributed by atoms with Crippen LogP contribution in [0.25, 0.3) is 0 Å². The standard InChI is InChI=1S/C19H16F3N3O2/c20-19(21,22)17-10-16(4-3-13(17)11-23)27-15-5-8-25(9-6-15)18(26)14-2-1-7-24-12-14/h1-4,7,10,12,15H,5-6,8-9H2. The highest BCUT2D eigenvalue weighted by Crippen LogP contribution is 2.34. The number of halogens is 3. The molecule has 1 aromatic carbocycles. The Bertz CT molecular complexity index is 855. The van der Waals surface area contributed by atoms with Crippen LogP contribution in [0.5, 0.6) is 5.75 Å². The molecule has 1 saturated heterocycles. The molecule has 1 amide bonds. The van der Waals surface area contributed by atoms with Crippen LogP contribution in [0.2, 0.25) is 0 Å². The van der Waals surface area contributed by atoms with Gasteiger partial charge in [-0.3, -0.25) is 9.78 Å². The molecule has 0 unspecified atom stereocenters. The van der Waals surface area contributed by atoms with Gasteiger partial charge in [-0.15, -0.1) is 0 Å². The Kier molecular flexibility index (Phi) is 5.31. The first-order valence-electron chi connectivity index (χ1n) is 8.36. The van der Waals surface area contributed by atoms with Crippen molar-refractivity contribution in [2.45, 2.75) is 25.1 Å². The first kappa shape index (κ1) is 18.7. The second-order valence-corrected chi connectivity index (χ2v) is 6.17. The molecular formula is C19H16F3N3O2. The molecule has 0 aliphatic carbocycles. The number of nitrogens with zero attached hydrogens (tertiary/aromatic N) is 3. The summed E-state index contributed by atoms with van der Waals surface area (Å²) in [7, 11) is 0. The van der Waals surface area contributed by atoms with Gasteiger partial charge in [-0.1, -0.05) is 0 Å². The van der Waals surface area contributed by atoms with E-state index in [2.05, 4.69) is 4.98 Å². The summed E-state index contributed by atoms with van der Waals surface area (Å²) < 4.78 is 44.8. The molecule has 1 aromatic heterocycles. The predicted octanol–water partition coefficient (Wildman–Crippen LogP) is 3.66. The molecule has 1 fully saturated rings. The lowest BCUT2D eigenvalue weighted by Gasteiger charge is -2.32. The first-order valence-corrected chi connectivity index (χ1v) is 8.36. The summed E-state index contributed by atoms with van der Waals surface area (Å²) in [5.41, 5.74) is -0.947.